The normalized spacial score (nSPS) is 14.5. The van der Waals surface area contributed by atoms with Crippen molar-refractivity contribution in [3.8, 4) is 11.3 Å². The number of rotatable bonds is 5. The van der Waals surface area contributed by atoms with Crippen molar-refractivity contribution in [2.24, 2.45) is 7.05 Å². The van der Waals surface area contributed by atoms with Gasteiger partial charge in [0.2, 0.25) is 0 Å². The van der Waals surface area contributed by atoms with Crippen molar-refractivity contribution >= 4 is 40.7 Å². The average molecular weight is 487 g/mol. The van der Waals surface area contributed by atoms with Gasteiger partial charge in [-0.25, -0.2) is 9.97 Å². The van der Waals surface area contributed by atoms with Gasteiger partial charge in [-0.2, -0.15) is 0 Å². The summed E-state index contributed by atoms with van der Waals surface area (Å²) < 4.78 is 1.98. The van der Waals surface area contributed by atoms with Crippen LogP contribution in [0.2, 0.25) is 0 Å². The second-order valence-corrected chi connectivity index (χ2v) is 8.58. The monoisotopic (exact) mass is 486 g/mol. The number of anilines is 3. The molecule has 2 aliphatic heterocycles. The molecule has 0 bridgehead atoms. The van der Waals surface area contributed by atoms with E-state index >= 15 is 0 Å². The van der Waals surface area contributed by atoms with Crippen LogP contribution >= 0.6 is 0 Å². The van der Waals surface area contributed by atoms with E-state index in [1.807, 2.05) is 55.2 Å². The molecule has 2 aliphatic rings. The molecule has 1 fully saturated rings. The second-order valence-electron chi connectivity index (χ2n) is 8.58. The molecule has 0 saturated carbocycles. The van der Waals surface area contributed by atoms with E-state index in [-0.39, 0.29) is 12.4 Å². The summed E-state index contributed by atoms with van der Waals surface area (Å²) >= 11 is 0. The van der Waals surface area contributed by atoms with Crippen molar-refractivity contribution in [2.45, 2.75) is 12.6 Å². The number of fused-ring (bicyclic) bond motifs is 2. The van der Waals surface area contributed by atoms with E-state index in [2.05, 4.69) is 25.8 Å². The Labute approximate surface area is 207 Å². The lowest BCUT2D eigenvalue weighted by atomic mass is 10.0. The molecule has 36 heavy (non-hydrogen) atoms. The van der Waals surface area contributed by atoms with Crippen molar-refractivity contribution in [1.29, 1.82) is 0 Å². The van der Waals surface area contributed by atoms with Crippen LogP contribution in [0.1, 0.15) is 15.9 Å². The number of aromatic nitrogens is 4. The van der Waals surface area contributed by atoms with E-state index in [0.29, 0.717) is 29.7 Å². The fourth-order valence-corrected chi connectivity index (χ4v) is 4.59. The maximum atomic E-state index is 12.8. The van der Waals surface area contributed by atoms with E-state index in [9.17, 15) is 4.79 Å². The lowest BCUT2D eigenvalue weighted by Gasteiger charge is -2.40. The summed E-state index contributed by atoms with van der Waals surface area (Å²) in [5, 5.41) is 17.5. The number of pyridine rings is 3. The second kappa shape index (κ2) is 9.62. The number of aryl methyl sites for hydroxylation is 1. The van der Waals surface area contributed by atoms with Crippen LogP contribution in [0.3, 0.4) is 0 Å². The first-order valence-electron chi connectivity index (χ1n) is 11.5. The van der Waals surface area contributed by atoms with Crippen molar-refractivity contribution in [2.75, 3.05) is 30.4 Å². The molecular formula is C25H26N8O3. The van der Waals surface area contributed by atoms with E-state index in [1.54, 1.807) is 12.4 Å². The van der Waals surface area contributed by atoms with Crippen LogP contribution in [0.15, 0.2) is 48.9 Å². The number of hydrogen-bond acceptors (Lipinski definition) is 8. The number of carbonyl (C=O) groups is 2. The topological polar surface area (TPSA) is 137 Å². The molecule has 4 aromatic rings. The van der Waals surface area contributed by atoms with Crippen LogP contribution in [0.25, 0.3) is 22.3 Å². The Morgan fingerprint density at radius 3 is 2.78 bits per heavy atom. The molecule has 184 valence electrons. The van der Waals surface area contributed by atoms with Crippen LogP contribution in [-0.2, 0) is 18.4 Å². The standard InChI is InChI=1S/C24H24N8O.CH2O2/c1-25-14-12-32(13-14)20-5-3-4-19(30-20)29-18-11-27-22(17-10-28-24(33)21(17)18)15-6-8-26-23-16(15)7-9-31(23)2;2-1-3/h3-9,11,14,25H,10,12-13H2,1-2H3,(H,28,33)(H,29,30);1H,(H,2,3). The minimum atomic E-state index is -0.250. The fourth-order valence-electron chi connectivity index (χ4n) is 4.59. The summed E-state index contributed by atoms with van der Waals surface area (Å²) in [7, 11) is 3.94. The zero-order valence-corrected chi connectivity index (χ0v) is 19.9. The van der Waals surface area contributed by atoms with Gasteiger partial charge in [0, 0.05) is 61.6 Å². The van der Waals surface area contributed by atoms with Gasteiger partial charge in [-0.1, -0.05) is 6.07 Å². The molecule has 0 radical (unpaired) electrons. The Morgan fingerprint density at radius 2 is 2.00 bits per heavy atom. The van der Waals surface area contributed by atoms with Crippen molar-refractivity contribution < 1.29 is 14.7 Å². The SMILES string of the molecule is CNC1CN(c2cccc(Nc3cnc(-c4ccnc5c4ccn5C)c4c3C(=O)NC4)n2)C1.O=CO. The highest BCUT2D eigenvalue weighted by Gasteiger charge is 2.29. The minimum absolute atomic E-state index is 0.106. The molecule has 6 heterocycles. The smallest absolute Gasteiger partial charge is 0.290 e. The Hall–Kier alpha value is -4.51. The van der Waals surface area contributed by atoms with Crippen LogP contribution in [0.5, 0.6) is 0 Å². The van der Waals surface area contributed by atoms with Crippen LogP contribution in [0.4, 0.5) is 17.3 Å². The van der Waals surface area contributed by atoms with Crippen LogP contribution in [0, 0.1) is 0 Å². The number of nitrogens with one attached hydrogen (secondary N) is 3. The van der Waals surface area contributed by atoms with Gasteiger partial charge >= 0.3 is 0 Å². The molecular weight excluding hydrogens is 460 g/mol. The highest BCUT2D eigenvalue weighted by Crippen LogP contribution is 2.36. The number of carbonyl (C=O) groups excluding carboxylic acids is 1. The van der Waals surface area contributed by atoms with Crippen LogP contribution < -0.4 is 20.9 Å². The van der Waals surface area contributed by atoms with Gasteiger partial charge in [-0.15, -0.1) is 0 Å². The number of likely N-dealkylation sites (N-methyl/N-ethyl adjacent to an activating group) is 1. The predicted molar refractivity (Wildman–Crippen MR) is 136 cm³/mol. The van der Waals surface area contributed by atoms with Crippen LogP contribution in [-0.4, -0.2) is 63.2 Å². The molecule has 4 N–H and O–H groups in total. The van der Waals surface area contributed by atoms with E-state index in [4.69, 9.17) is 19.9 Å². The zero-order chi connectivity index (χ0) is 25.2. The van der Waals surface area contributed by atoms with E-state index in [1.165, 1.54) is 0 Å². The molecule has 11 nitrogen and oxygen atoms in total. The summed E-state index contributed by atoms with van der Waals surface area (Å²) in [5.74, 6) is 1.50. The molecule has 0 aliphatic carbocycles. The van der Waals surface area contributed by atoms with E-state index in [0.717, 1.165) is 46.8 Å². The van der Waals surface area contributed by atoms with Gasteiger partial charge in [0.15, 0.2) is 0 Å². The average Bonchev–Trinajstić information content (AvgIpc) is 3.43. The fraction of sp³-hybridized carbons (Fsp3) is 0.240. The Kier molecular flexibility index (Phi) is 6.21. The largest absolute Gasteiger partial charge is 0.483 e. The maximum absolute atomic E-state index is 12.8. The summed E-state index contributed by atoms with van der Waals surface area (Å²) in [6.07, 6.45) is 5.49. The van der Waals surface area contributed by atoms with Gasteiger partial charge in [0.05, 0.1) is 23.1 Å². The molecule has 0 atom stereocenters. The number of carboxylic acid groups (broad SMARTS) is 1. The summed E-state index contributed by atoms with van der Waals surface area (Å²) in [6, 6.07) is 10.4. The van der Waals surface area contributed by atoms with Gasteiger partial charge in [0.25, 0.3) is 12.4 Å². The third-order valence-electron chi connectivity index (χ3n) is 6.47. The first-order chi connectivity index (χ1) is 17.5. The molecule has 4 aromatic heterocycles. The number of hydrogen-bond donors (Lipinski definition) is 4. The van der Waals surface area contributed by atoms with Gasteiger partial charge in [0.1, 0.15) is 17.3 Å². The molecule has 11 heteroatoms. The maximum Gasteiger partial charge on any atom is 0.290 e. The Balaban J connectivity index is 0.000000848. The molecule has 6 rings (SSSR count). The lowest BCUT2D eigenvalue weighted by Crippen LogP contribution is -2.57. The van der Waals surface area contributed by atoms with Gasteiger partial charge in [-0.3, -0.25) is 14.6 Å². The Morgan fingerprint density at radius 1 is 1.19 bits per heavy atom. The third-order valence-corrected chi connectivity index (χ3v) is 6.47. The van der Waals surface area contributed by atoms with Gasteiger partial charge in [-0.05, 0) is 31.3 Å². The molecule has 0 spiro atoms. The zero-order valence-electron chi connectivity index (χ0n) is 19.9. The quantitative estimate of drug-likeness (QED) is 0.313. The lowest BCUT2D eigenvalue weighted by molar-refractivity contribution is -0.122. The van der Waals surface area contributed by atoms with Crippen molar-refractivity contribution in [1.82, 2.24) is 30.2 Å². The van der Waals surface area contributed by atoms with Crippen molar-refractivity contribution in [3.05, 3.63) is 60.0 Å². The summed E-state index contributed by atoms with van der Waals surface area (Å²) in [4.78, 5) is 37.4. The minimum Gasteiger partial charge on any atom is -0.483 e. The molecule has 0 aromatic carbocycles. The van der Waals surface area contributed by atoms with Gasteiger partial charge < -0.3 is 30.5 Å². The first-order valence-corrected chi connectivity index (χ1v) is 11.5. The summed E-state index contributed by atoms with van der Waals surface area (Å²) in [5.41, 5.74) is 4.81. The molecule has 1 saturated heterocycles. The van der Waals surface area contributed by atoms with E-state index < -0.39 is 0 Å². The number of nitrogens with zero attached hydrogens (tertiary/aromatic N) is 5. The van der Waals surface area contributed by atoms with Crippen molar-refractivity contribution in [3.63, 3.8) is 0 Å². The Bertz CT molecular complexity index is 1440. The molecule has 1 amide bonds. The summed E-state index contributed by atoms with van der Waals surface area (Å²) in [6.45, 7) is 2.05. The predicted octanol–water partition coefficient (Wildman–Crippen LogP) is 2.13. The highest BCUT2D eigenvalue weighted by atomic mass is 16.3. The molecule has 0 unspecified atom stereocenters. The highest BCUT2D eigenvalue weighted by molar-refractivity contribution is 6.06. The third kappa shape index (κ3) is 4.09. The first kappa shape index (κ1) is 23.2. The number of amides is 1.